The Morgan fingerprint density at radius 2 is 2.22 bits per heavy atom. The number of ether oxygens (including phenoxy) is 2. The van der Waals surface area contributed by atoms with Crippen LogP contribution >= 0.6 is 0 Å². The zero-order valence-electron chi connectivity index (χ0n) is 12.4. The van der Waals surface area contributed by atoms with Crippen LogP contribution in [0.15, 0.2) is 23.1 Å². The first-order valence-electron chi connectivity index (χ1n) is 6.61. The Morgan fingerprint density at radius 3 is 2.83 bits per heavy atom. The van der Waals surface area contributed by atoms with Gasteiger partial charge in [0, 0.05) is 0 Å². The lowest BCUT2D eigenvalue weighted by molar-refractivity contribution is -0.143. The van der Waals surface area contributed by atoms with Crippen molar-refractivity contribution in [3.63, 3.8) is 0 Å². The first kappa shape index (κ1) is 17.2. The number of aliphatic hydroxyl groups excluding tert-OH is 1. The Hall–Kier alpha value is -2.17. The van der Waals surface area contributed by atoms with Gasteiger partial charge in [0.05, 0.1) is 24.3 Å². The lowest BCUT2D eigenvalue weighted by Crippen LogP contribution is -2.44. The van der Waals surface area contributed by atoms with Crippen molar-refractivity contribution in [1.82, 2.24) is 4.72 Å². The van der Waals surface area contributed by atoms with Crippen molar-refractivity contribution in [2.75, 3.05) is 19.0 Å². The highest BCUT2D eigenvalue weighted by Gasteiger charge is 2.28. The molecule has 0 saturated carbocycles. The molecule has 2 atom stereocenters. The molecule has 1 aromatic rings. The van der Waals surface area contributed by atoms with E-state index in [1.54, 1.807) is 6.92 Å². The second-order valence-electron chi connectivity index (χ2n) is 4.79. The van der Waals surface area contributed by atoms with E-state index in [1.807, 2.05) is 4.72 Å². The van der Waals surface area contributed by atoms with Crippen molar-refractivity contribution in [2.45, 2.75) is 24.0 Å². The van der Waals surface area contributed by atoms with Gasteiger partial charge in [-0.05, 0) is 25.1 Å². The van der Waals surface area contributed by atoms with Gasteiger partial charge < -0.3 is 19.9 Å². The second kappa shape index (κ2) is 6.52. The number of carbonyl (C=O) groups excluding carboxylic acids is 2. The fourth-order valence-electron chi connectivity index (χ4n) is 1.91. The predicted octanol–water partition coefficient (Wildman–Crippen LogP) is -0.782. The highest BCUT2D eigenvalue weighted by atomic mass is 32.2. The highest BCUT2D eigenvalue weighted by molar-refractivity contribution is 7.89. The van der Waals surface area contributed by atoms with Gasteiger partial charge >= 0.3 is 5.97 Å². The molecule has 0 aromatic heterocycles. The molecular formula is C13H16N2O7S. The number of nitrogens with one attached hydrogen (secondary N) is 2. The molecule has 1 aliphatic heterocycles. The molecule has 1 amide bonds. The van der Waals surface area contributed by atoms with Gasteiger partial charge in [-0.25, -0.2) is 8.42 Å². The summed E-state index contributed by atoms with van der Waals surface area (Å²) in [5.74, 6) is -0.981. The molecule has 0 fully saturated rings. The standard InChI is InChI=1S/C13H16N2O7S/c1-7-12(17)14-9-5-8(3-4-11(9)22-7)23(19,20)15-10(6-16)13(18)21-2/h3-5,7,10,15-16H,6H2,1-2H3,(H,14,17)/t7-,10+/m0/s1. The maximum Gasteiger partial charge on any atom is 0.326 e. The minimum absolute atomic E-state index is 0.197. The van der Waals surface area contributed by atoms with Gasteiger partial charge in [-0.15, -0.1) is 0 Å². The topological polar surface area (TPSA) is 131 Å². The summed E-state index contributed by atoms with van der Waals surface area (Å²) < 4.78 is 36.3. The number of fused-ring (bicyclic) bond motifs is 1. The molecule has 9 nitrogen and oxygen atoms in total. The van der Waals surface area contributed by atoms with Crippen molar-refractivity contribution in [2.24, 2.45) is 0 Å². The van der Waals surface area contributed by atoms with Crippen LogP contribution in [0.4, 0.5) is 5.69 Å². The van der Waals surface area contributed by atoms with Gasteiger partial charge in [0.2, 0.25) is 10.0 Å². The van der Waals surface area contributed by atoms with Crippen molar-refractivity contribution in [3.8, 4) is 5.75 Å². The molecule has 23 heavy (non-hydrogen) atoms. The number of rotatable bonds is 5. The summed E-state index contributed by atoms with van der Waals surface area (Å²) in [6, 6.07) is 2.43. The Morgan fingerprint density at radius 1 is 1.52 bits per heavy atom. The molecule has 0 saturated heterocycles. The Balaban J connectivity index is 2.29. The van der Waals surface area contributed by atoms with Crippen molar-refractivity contribution in [1.29, 1.82) is 0 Å². The smallest absolute Gasteiger partial charge is 0.326 e. The van der Waals surface area contributed by atoms with E-state index < -0.39 is 40.7 Å². The van der Waals surface area contributed by atoms with E-state index in [0.717, 1.165) is 7.11 Å². The summed E-state index contributed by atoms with van der Waals surface area (Å²) in [6.07, 6.45) is -0.679. The highest BCUT2D eigenvalue weighted by Crippen LogP contribution is 2.31. The van der Waals surface area contributed by atoms with E-state index >= 15 is 0 Å². The molecule has 1 heterocycles. The minimum atomic E-state index is -4.11. The van der Waals surface area contributed by atoms with Crippen LogP contribution < -0.4 is 14.8 Å². The van der Waals surface area contributed by atoms with Gasteiger partial charge in [0.1, 0.15) is 11.8 Å². The normalized spacial score (nSPS) is 18.4. The molecule has 0 spiro atoms. The maximum atomic E-state index is 12.3. The number of anilines is 1. The summed E-state index contributed by atoms with van der Waals surface area (Å²) in [7, 11) is -3.03. The Kier molecular flexibility index (Phi) is 4.88. The molecule has 3 N–H and O–H groups in total. The molecular weight excluding hydrogens is 328 g/mol. The van der Waals surface area contributed by atoms with Crippen LogP contribution in [0.2, 0.25) is 0 Å². The molecule has 0 unspecified atom stereocenters. The number of hydrogen-bond donors (Lipinski definition) is 3. The van der Waals surface area contributed by atoms with E-state index in [1.165, 1.54) is 18.2 Å². The summed E-state index contributed by atoms with van der Waals surface area (Å²) in [5.41, 5.74) is 0.203. The summed E-state index contributed by atoms with van der Waals surface area (Å²) >= 11 is 0. The number of hydrogen-bond acceptors (Lipinski definition) is 7. The third-order valence-electron chi connectivity index (χ3n) is 3.16. The molecule has 126 valence electrons. The number of methoxy groups -OCH3 is 1. The largest absolute Gasteiger partial charge is 0.479 e. The fraction of sp³-hybridized carbons (Fsp3) is 0.385. The summed E-state index contributed by atoms with van der Waals surface area (Å²) in [4.78, 5) is 22.8. The first-order chi connectivity index (χ1) is 10.8. The lowest BCUT2D eigenvalue weighted by atomic mass is 10.2. The van der Waals surface area contributed by atoms with Crippen LogP contribution in [0.5, 0.6) is 5.75 Å². The molecule has 10 heteroatoms. The SMILES string of the molecule is COC(=O)[C@@H](CO)NS(=O)(=O)c1ccc2c(c1)NC(=O)[C@H](C)O2. The quantitative estimate of drug-likeness (QED) is 0.597. The van der Waals surface area contributed by atoms with Crippen molar-refractivity contribution in [3.05, 3.63) is 18.2 Å². The van der Waals surface area contributed by atoms with Gasteiger partial charge in [-0.3, -0.25) is 9.59 Å². The van der Waals surface area contributed by atoms with Crippen molar-refractivity contribution < 1.29 is 32.6 Å². The molecule has 0 bridgehead atoms. The number of amides is 1. The number of sulfonamides is 1. The van der Waals surface area contributed by atoms with Crippen LogP contribution in [-0.2, 0) is 24.3 Å². The van der Waals surface area contributed by atoms with Crippen LogP contribution in [0.25, 0.3) is 0 Å². The summed E-state index contributed by atoms with van der Waals surface area (Å²) in [5, 5.41) is 11.6. The van der Waals surface area contributed by atoms with E-state index in [2.05, 4.69) is 10.1 Å². The fourth-order valence-corrected chi connectivity index (χ4v) is 3.11. The van der Waals surface area contributed by atoms with Crippen LogP contribution in [0.3, 0.4) is 0 Å². The zero-order valence-corrected chi connectivity index (χ0v) is 13.2. The summed E-state index contributed by atoms with van der Waals surface area (Å²) in [6.45, 7) is 0.806. The zero-order chi connectivity index (χ0) is 17.2. The monoisotopic (exact) mass is 344 g/mol. The van der Waals surface area contributed by atoms with Crippen molar-refractivity contribution >= 4 is 27.6 Å². The van der Waals surface area contributed by atoms with Gasteiger partial charge in [-0.1, -0.05) is 0 Å². The molecule has 0 radical (unpaired) electrons. The lowest BCUT2D eigenvalue weighted by Gasteiger charge is -2.23. The third kappa shape index (κ3) is 3.60. The van der Waals surface area contributed by atoms with Gasteiger partial charge in [-0.2, -0.15) is 4.72 Å². The number of aliphatic hydroxyl groups is 1. The molecule has 1 aromatic carbocycles. The van der Waals surface area contributed by atoms with Crippen LogP contribution in [0.1, 0.15) is 6.92 Å². The van der Waals surface area contributed by atoms with Crippen LogP contribution in [0, 0.1) is 0 Å². The van der Waals surface area contributed by atoms with Crippen LogP contribution in [-0.4, -0.2) is 51.3 Å². The Bertz CT molecular complexity index is 732. The number of benzene rings is 1. The molecule has 0 aliphatic carbocycles. The third-order valence-corrected chi connectivity index (χ3v) is 4.63. The average molecular weight is 344 g/mol. The second-order valence-corrected chi connectivity index (χ2v) is 6.50. The van der Waals surface area contributed by atoms with Gasteiger partial charge in [0.15, 0.2) is 6.10 Å². The van der Waals surface area contributed by atoms with E-state index in [9.17, 15) is 18.0 Å². The Labute approximate surface area is 132 Å². The number of esters is 1. The molecule has 2 rings (SSSR count). The first-order valence-corrected chi connectivity index (χ1v) is 8.09. The maximum absolute atomic E-state index is 12.3. The molecule has 1 aliphatic rings. The van der Waals surface area contributed by atoms with E-state index in [0.29, 0.717) is 5.75 Å². The van der Waals surface area contributed by atoms with E-state index in [4.69, 9.17) is 9.84 Å². The van der Waals surface area contributed by atoms with Gasteiger partial charge in [0.25, 0.3) is 5.91 Å². The average Bonchev–Trinajstić information content (AvgIpc) is 2.52. The van der Waals surface area contributed by atoms with E-state index in [-0.39, 0.29) is 10.6 Å². The predicted molar refractivity (Wildman–Crippen MR) is 78.4 cm³/mol. The number of carbonyl (C=O) groups is 2. The minimum Gasteiger partial charge on any atom is -0.479 e.